The zero-order valence-corrected chi connectivity index (χ0v) is 17.7. The van der Waals surface area contributed by atoms with Crippen LogP contribution in [-0.2, 0) is 9.47 Å². The first-order valence-electron chi connectivity index (χ1n) is 10.8. The summed E-state index contributed by atoms with van der Waals surface area (Å²) in [7, 11) is 1.54. The quantitative estimate of drug-likeness (QED) is 0.621. The summed E-state index contributed by atoms with van der Waals surface area (Å²) in [6.45, 7) is 0. The lowest BCUT2D eigenvalue weighted by Crippen LogP contribution is -2.62. The van der Waals surface area contributed by atoms with Gasteiger partial charge in [-0.1, -0.05) is 38.5 Å². The molecule has 160 valence electrons. The van der Waals surface area contributed by atoms with Crippen LogP contribution in [0.1, 0.15) is 57.1 Å². The molecule has 3 fully saturated rings. The van der Waals surface area contributed by atoms with Gasteiger partial charge in [0.25, 0.3) is 0 Å². The number of ether oxygens (including phenoxy) is 2. The van der Waals surface area contributed by atoms with Gasteiger partial charge in [0.05, 0.1) is 6.10 Å². The third-order valence-electron chi connectivity index (χ3n) is 7.03. The third-order valence-corrected chi connectivity index (χ3v) is 7.81. The molecule has 3 aliphatic rings. The van der Waals surface area contributed by atoms with Gasteiger partial charge in [0.1, 0.15) is 24.3 Å². The molecule has 1 aromatic heterocycles. The van der Waals surface area contributed by atoms with Crippen LogP contribution in [0.4, 0.5) is 5.13 Å². The van der Waals surface area contributed by atoms with Crippen molar-refractivity contribution in [2.75, 3.05) is 12.4 Å². The van der Waals surface area contributed by atoms with Crippen molar-refractivity contribution >= 4 is 16.5 Å². The largest absolute Gasteiger partial charge is 0.388 e. The van der Waals surface area contributed by atoms with Crippen LogP contribution in [0.3, 0.4) is 0 Å². The summed E-state index contributed by atoms with van der Waals surface area (Å²) < 4.78 is 11.6. The molecular formula is C21H31N3O4S. The summed E-state index contributed by atoms with van der Waals surface area (Å²) in [5.74, 6) is 1.88. The first-order valence-corrected chi connectivity index (χ1v) is 11.6. The van der Waals surface area contributed by atoms with Gasteiger partial charge >= 0.3 is 0 Å². The average molecular weight is 422 g/mol. The van der Waals surface area contributed by atoms with E-state index < -0.39 is 30.6 Å². The minimum atomic E-state index is -1.04. The number of aliphatic hydroxyl groups is 2. The monoisotopic (exact) mass is 421 g/mol. The van der Waals surface area contributed by atoms with Gasteiger partial charge in [-0.25, -0.2) is 4.98 Å². The normalized spacial score (nSPS) is 37.8. The molecule has 0 amide bonds. The van der Waals surface area contributed by atoms with E-state index in [9.17, 15) is 10.2 Å². The predicted octanol–water partition coefficient (Wildman–Crippen LogP) is 2.88. The molecule has 4 rings (SSSR count). The van der Waals surface area contributed by atoms with Crippen LogP contribution in [0.25, 0.3) is 0 Å². The lowest BCUT2D eigenvalue weighted by atomic mass is 9.80. The van der Waals surface area contributed by atoms with Crippen LogP contribution in [0.2, 0.25) is 0 Å². The summed E-state index contributed by atoms with van der Waals surface area (Å²) >= 11 is 1.28. The standard InChI is InChI=1S/C21H31N3O4S/c1-27-20-16(24-21-23-15(10-22)11-29-21)17(25)18(26)19(28-20)14-8-7-13(9-14)6-5-12-3-2-4-12/h11-14,16-20,25-26H,2-9H2,1H3,(H,23,24)/t13?,14?,16-,17-,18-,19-,20-/m1/s1. The van der Waals surface area contributed by atoms with Crippen LogP contribution in [0.15, 0.2) is 5.38 Å². The highest BCUT2D eigenvalue weighted by Gasteiger charge is 2.49. The van der Waals surface area contributed by atoms with E-state index in [1.807, 2.05) is 6.07 Å². The fourth-order valence-corrected chi connectivity index (χ4v) is 5.78. The van der Waals surface area contributed by atoms with E-state index in [1.54, 1.807) is 12.5 Å². The Morgan fingerprint density at radius 3 is 2.69 bits per heavy atom. The number of nitrogens with one attached hydrogen (secondary N) is 1. The maximum absolute atomic E-state index is 10.8. The first kappa shape index (κ1) is 21.0. The highest BCUT2D eigenvalue weighted by molar-refractivity contribution is 7.13. The van der Waals surface area contributed by atoms with E-state index in [-0.39, 0.29) is 5.92 Å². The molecule has 0 aromatic carbocycles. The molecule has 29 heavy (non-hydrogen) atoms. The van der Waals surface area contributed by atoms with Crippen molar-refractivity contribution in [3.05, 3.63) is 11.1 Å². The van der Waals surface area contributed by atoms with E-state index in [2.05, 4.69) is 10.3 Å². The van der Waals surface area contributed by atoms with Gasteiger partial charge in [0, 0.05) is 12.5 Å². The topological polar surface area (TPSA) is 108 Å². The van der Waals surface area contributed by atoms with Crippen LogP contribution in [0, 0.1) is 29.1 Å². The zero-order chi connectivity index (χ0) is 20.4. The zero-order valence-electron chi connectivity index (χ0n) is 16.9. The lowest BCUT2D eigenvalue weighted by Gasteiger charge is -2.44. The maximum Gasteiger partial charge on any atom is 0.184 e. The third kappa shape index (κ3) is 4.59. The second-order valence-electron chi connectivity index (χ2n) is 8.82. The number of aromatic nitrogens is 1. The number of rotatable bonds is 7. The number of nitrogens with zero attached hydrogens (tertiary/aromatic N) is 2. The summed E-state index contributed by atoms with van der Waals surface area (Å²) in [6, 6.07) is 1.33. The van der Waals surface area contributed by atoms with Crippen molar-refractivity contribution in [1.29, 1.82) is 5.26 Å². The smallest absolute Gasteiger partial charge is 0.184 e. The average Bonchev–Trinajstić information content (AvgIpc) is 3.34. The number of aliphatic hydroxyl groups excluding tert-OH is 2. The second kappa shape index (κ2) is 9.27. The summed E-state index contributed by atoms with van der Waals surface area (Å²) in [4.78, 5) is 4.15. The molecule has 2 heterocycles. The summed E-state index contributed by atoms with van der Waals surface area (Å²) in [5, 5.41) is 35.8. The molecule has 7 nitrogen and oxygen atoms in total. The Labute approximate surface area is 176 Å². The number of hydrogen-bond acceptors (Lipinski definition) is 8. The lowest BCUT2D eigenvalue weighted by molar-refractivity contribution is -0.259. The number of anilines is 1. The number of methoxy groups -OCH3 is 1. The Balaban J connectivity index is 1.36. The first-order chi connectivity index (χ1) is 14.1. The van der Waals surface area contributed by atoms with Crippen molar-refractivity contribution < 1.29 is 19.7 Å². The van der Waals surface area contributed by atoms with Gasteiger partial charge in [-0.15, -0.1) is 11.3 Å². The number of thiazole rings is 1. The summed E-state index contributed by atoms with van der Waals surface area (Å²) in [5.41, 5.74) is 0.315. The molecule has 2 unspecified atom stereocenters. The molecule has 7 atom stereocenters. The SMILES string of the molecule is CO[C@@H]1O[C@H](C2CCC(CCC3CCC3)C2)[C@H](O)[C@H](O)[C@H]1Nc1nc(C#N)cs1. The summed E-state index contributed by atoms with van der Waals surface area (Å²) in [6.07, 6.45) is 6.90. The van der Waals surface area contributed by atoms with Gasteiger partial charge in [-0.2, -0.15) is 5.26 Å². The Bertz CT molecular complexity index is 717. The van der Waals surface area contributed by atoms with E-state index in [1.165, 1.54) is 49.9 Å². The molecule has 1 saturated heterocycles. The van der Waals surface area contributed by atoms with Crippen LogP contribution < -0.4 is 5.32 Å². The molecule has 1 aliphatic heterocycles. The molecule has 2 saturated carbocycles. The van der Waals surface area contributed by atoms with Gasteiger partial charge in [-0.3, -0.25) is 0 Å². The molecule has 3 N–H and O–H groups in total. The van der Waals surface area contributed by atoms with Gasteiger partial charge in [0.15, 0.2) is 17.1 Å². The Morgan fingerprint density at radius 2 is 2.03 bits per heavy atom. The molecule has 0 bridgehead atoms. The number of hydrogen-bond donors (Lipinski definition) is 3. The molecule has 1 aromatic rings. The Kier molecular flexibility index (Phi) is 6.72. The minimum absolute atomic E-state index is 0.245. The Hall–Kier alpha value is -1.24. The predicted molar refractivity (Wildman–Crippen MR) is 109 cm³/mol. The highest BCUT2D eigenvalue weighted by Crippen LogP contribution is 2.42. The molecule has 8 heteroatoms. The maximum atomic E-state index is 10.8. The Morgan fingerprint density at radius 1 is 1.24 bits per heavy atom. The van der Waals surface area contributed by atoms with E-state index >= 15 is 0 Å². The minimum Gasteiger partial charge on any atom is -0.388 e. The molecule has 0 spiro atoms. The van der Waals surface area contributed by atoms with Crippen LogP contribution in [-0.4, -0.2) is 53.0 Å². The van der Waals surface area contributed by atoms with E-state index in [0.29, 0.717) is 16.7 Å². The van der Waals surface area contributed by atoms with Gasteiger partial charge in [-0.05, 0) is 30.6 Å². The number of nitriles is 1. The van der Waals surface area contributed by atoms with Gasteiger partial charge < -0.3 is 25.0 Å². The van der Waals surface area contributed by atoms with Crippen molar-refractivity contribution in [2.45, 2.75) is 82.0 Å². The highest BCUT2D eigenvalue weighted by atomic mass is 32.1. The van der Waals surface area contributed by atoms with E-state index in [0.717, 1.165) is 18.8 Å². The van der Waals surface area contributed by atoms with Crippen molar-refractivity contribution in [3.63, 3.8) is 0 Å². The van der Waals surface area contributed by atoms with Crippen molar-refractivity contribution in [3.8, 4) is 6.07 Å². The molecular weight excluding hydrogens is 390 g/mol. The van der Waals surface area contributed by atoms with Crippen LogP contribution >= 0.6 is 11.3 Å². The van der Waals surface area contributed by atoms with Crippen molar-refractivity contribution in [1.82, 2.24) is 4.98 Å². The van der Waals surface area contributed by atoms with Crippen molar-refractivity contribution in [2.24, 2.45) is 17.8 Å². The fraction of sp³-hybridized carbons (Fsp3) is 0.810. The molecule has 2 aliphatic carbocycles. The second-order valence-corrected chi connectivity index (χ2v) is 9.68. The fourth-order valence-electron chi connectivity index (χ4n) is 5.09. The van der Waals surface area contributed by atoms with Gasteiger partial charge in [0.2, 0.25) is 0 Å². The van der Waals surface area contributed by atoms with E-state index in [4.69, 9.17) is 14.7 Å². The molecule has 0 radical (unpaired) electrons. The van der Waals surface area contributed by atoms with Crippen LogP contribution in [0.5, 0.6) is 0 Å².